The molecular weight excluding hydrogens is 589 g/mol. The van der Waals surface area contributed by atoms with Crippen LogP contribution in [-0.4, -0.2) is 62.7 Å². The van der Waals surface area contributed by atoms with Crippen molar-refractivity contribution in [1.29, 1.82) is 0 Å². The highest BCUT2D eigenvalue weighted by Gasteiger charge is 2.32. The smallest absolute Gasteiger partial charge is 0.254 e. The molecule has 0 radical (unpaired) electrons. The minimum atomic E-state index is -0.820. The number of aryl methyl sites for hydroxylation is 2. The molecule has 0 spiro atoms. The molecule has 0 aliphatic carbocycles. The Hall–Kier alpha value is -4.25. The second kappa shape index (κ2) is 12.6. The number of carbonyl (C=O) groups excluding carboxylic acids is 1. The first kappa shape index (κ1) is 30.8. The third kappa shape index (κ3) is 7.19. The highest BCUT2D eigenvalue weighted by Crippen LogP contribution is 2.32. The van der Waals surface area contributed by atoms with E-state index in [-0.39, 0.29) is 30.5 Å². The number of ether oxygens (including phenoxy) is 1. The van der Waals surface area contributed by atoms with Gasteiger partial charge in [0.2, 0.25) is 11.8 Å². The molecule has 1 saturated heterocycles. The first-order valence-corrected chi connectivity index (χ1v) is 16.0. The number of hydrogen-bond acceptors (Lipinski definition) is 9. The maximum absolute atomic E-state index is 14.3. The van der Waals surface area contributed by atoms with Crippen LogP contribution in [-0.2, 0) is 6.54 Å². The molecule has 9 nitrogen and oxygen atoms in total. The van der Waals surface area contributed by atoms with E-state index in [0.29, 0.717) is 42.7 Å². The number of hydrogen-bond donors (Lipinski definition) is 1. The van der Waals surface area contributed by atoms with E-state index < -0.39 is 6.17 Å². The Morgan fingerprint density at radius 2 is 1.73 bits per heavy atom. The summed E-state index contributed by atoms with van der Waals surface area (Å²) in [6.07, 6.45) is 3.25. The van der Waals surface area contributed by atoms with Crippen LogP contribution in [0.2, 0.25) is 0 Å². The maximum Gasteiger partial charge on any atom is 0.254 e. The highest BCUT2D eigenvalue weighted by molar-refractivity contribution is 8.00. The minimum Gasteiger partial charge on any atom is -0.475 e. The number of rotatable bonds is 5. The molecule has 2 aromatic heterocycles. The van der Waals surface area contributed by atoms with Crippen LogP contribution in [0.3, 0.4) is 0 Å². The van der Waals surface area contributed by atoms with Crippen molar-refractivity contribution in [2.75, 3.05) is 29.3 Å². The normalized spacial score (nSPS) is 17.4. The third-order valence-corrected chi connectivity index (χ3v) is 8.73. The fourth-order valence-electron chi connectivity index (χ4n) is 5.75. The predicted molar refractivity (Wildman–Crippen MR) is 175 cm³/mol. The summed E-state index contributed by atoms with van der Waals surface area (Å²) in [6.45, 7) is 11.7. The van der Waals surface area contributed by atoms with Crippen LogP contribution in [0, 0.1) is 19.3 Å². The van der Waals surface area contributed by atoms with Crippen LogP contribution in [0.5, 0.6) is 5.88 Å². The molecule has 2 aliphatic heterocycles. The lowest BCUT2D eigenvalue weighted by molar-refractivity contribution is 0.0505. The van der Waals surface area contributed by atoms with E-state index in [1.165, 1.54) is 11.9 Å². The van der Waals surface area contributed by atoms with Gasteiger partial charge in [-0.1, -0.05) is 45.0 Å². The van der Waals surface area contributed by atoms with Gasteiger partial charge in [0.15, 0.2) is 0 Å². The number of alkyl halides is 1. The molecule has 4 heterocycles. The fourth-order valence-corrected chi connectivity index (χ4v) is 6.38. The topological polar surface area (TPSA) is 96.4 Å². The average molecular weight is 628 g/mol. The molecule has 4 bridgehead atoms. The van der Waals surface area contributed by atoms with Gasteiger partial charge in [-0.05, 0) is 67.0 Å². The Bertz CT molecular complexity index is 1670. The largest absolute Gasteiger partial charge is 0.475 e. The molecule has 1 atom stereocenters. The summed E-state index contributed by atoms with van der Waals surface area (Å²) in [5.74, 6) is 1.20. The van der Waals surface area contributed by atoms with Crippen LogP contribution >= 0.6 is 11.9 Å². The summed E-state index contributed by atoms with van der Waals surface area (Å²) in [6, 6.07) is 15.2. The van der Waals surface area contributed by atoms with Crippen LogP contribution in [0.1, 0.15) is 54.5 Å². The standard InChI is InChI=1S/C34H38FN7O2S/c1-21-8-6-9-22(2)31(21)28-13-30-39-33(38-28)40-45-27-11-7-10-23(12-27)32(43)42(25(20-44-30)14-34(3,4)5)19-29-36-15-26(16-37-29)41-17-24(35)18-41/h6-13,15-16,24-25H,14,17-20H2,1-5H3,(H,38,39,40)/t25-/m1/s1. The lowest BCUT2D eigenvalue weighted by Crippen LogP contribution is -2.48. The van der Waals surface area contributed by atoms with E-state index >= 15 is 0 Å². The number of anilines is 2. The molecule has 0 saturated carbocycles. The molecule has 2 aliphatic rings. The molecule has 11 heteroatoms. The SMILES string of the molecule is Cc1cccc(C)c1-c1cc2nc(n1)NSc1cccc(c1)C(=O)N(Cc1ncc(N3CC(F)C3)cn1)[C@H](CC(C)(C)C)CO2. The van der Waals surface area contributed by atoms with E-state index in [1.807, 2.05) is 46.2 Å². The van der Waals surface area contributed by atoms with Gasteiger partial charge in [0.1, 0.15) is 18.6 Å². The number of fused-ring (bicyclic) bond motifs is 4. The molecule has 45 heavy (non-hydrogen) atoms. The van der Waals surface area contributed by atoms with Crippen LogP contribution in [0.4, 0.5) is 16.0 Å². The first-order valence-electron chi connectivity index (χ1n) is 15.1. The Labute approximate surface area is 267 Å². The summed E-state index contributed by atoms with van der Waals surface area (Å²) < 4.78 is 23.1. The van der Waals surface area contributed by atoms with Crippen molar-refractivity contribution in [2.24, 2.45) is 5.41 Å². The lowest BCUT2D eigenvalue weighted by atomic mass is 9.87. The zero-order valence-electron chi connectivity index (χ0n) is 26.2. The number of halogens is 1. The number of amides is 1. The molecule has 2 aromatic carbocycles. The second-order valence-corrected chi connectivity index (χ2v) is 13.8. The summed E-state index contributed by atoms with van der Waals surface area (Å²) in [5, 5.41) is 0. The zero-order chi connectivity index (χ0) is 31.7. The number of aromatic nitrogens is 4. The van der Waals surface area contributed by atoms with Gasteiger partial charge in [-0.3, -0.25) is 9.52 Å². The van der Waals surface area contributed by atoms with E-state index in [2.05, 4.69) is 61.4 Å². The average Bonchev–Trinajstić information content (AvgIpc) is 2.99. The first-order chi connectivity index (χ1) is 21.5. The van der Waals surface area contributed by atoms with Crippen molar-refractivity contribution in [3.05, 3.63) is 83.4 Å². The molecule has 4 aromatic rings. The lowest BCUT2D eigenvalue weighted by Gasteiger charge is -2.36. The van der Waals surface area contributed by atoms with Gasteiger partial charge in [0.25, 0.3) is 5.91 Å². The summed E-state index contributed by atoms with van der Waals surface area (Å²) in [4.78, 5) is 37.5. The van der Waals surface area contributed by atoms with Crippen molar-refractivity contribution < 1.29 is 13.9 Å². The van der Waals surface area contributed by atoms with Crippen LogP contribution in [0.25, 0.3) is 11.3 Å². The summed E-state index contributed by atoms with van der Waals surface area (Å²) >= 11 is 1.34. The Balaban J connectivity index is 1.38. The predicted octanol–water partition coefficient (Wildman–Crippen LogP) is 6.67. The molecule has 6 rings (SSSR count). The minimum absolute atomic E-state index is 0.120. The highest BCUT2D eigenvalue weighted by atomic mass is 32.2. The van der Waals surface area contributed by atoms with Gasteiger partial charge < -0.3 is 14.5 Å². The number of nitrogens with one attached hydrogen (secondary N) is 1. The number of carbonyl (C=O) groups is 1. The Kier molecular flexibility index (Phi) is 8.63. The van der Waals surface area contributed by atoms with Gasteiger partial charge in [-0.2, -0.15) is 4.98 Å². The van der Waals surface area contributed by atoms with Gasteiger partial charge in [-0.25, -0.2) is 19.3 Å². The molecule has 1 amide bonds. The van der Waals surface area contributed by atoms with Crippen molar-refractivity contribution in [2.45, 2.75) is 64.7 Å². The molecule has 1 N–H and O–H groups in total. The molecular formula is C34H38FN7O2S. The molecule has 0 unspecified atom stereocenters. The Morgan fingerprint density at radius 3 is 2.42 bits per heavy atom. The number of nitrogens with zero attached hydrogens (tertiary/aromatic N) is 6. The van der Waals surface area contributed by atoms with Gasteiger partial charge >= 0.3 is 0 Å². The van der Waals surface area contributed by atoms with Crippen molar-refractivity contribution >= 4 is 29.5 Å². The van der Waals surface area contributed by atoms with Crippen molar-refractivity contribution in [3.8, 4) is 17.1 Å². The Morgan fingerprint density at radius 1 is 1.02 bits per heavy atom. The van der Waals surface area contributed by atoms with E-state index in [1.54, 1.807) is 12.4 Å². The summed E-state index contributed by atoms with van der Waals surface area (Å²) in [5.41, 5.74) is 5.22. The number of benzene rings is 2. The zero-order valence-corrected chi connectivity index (χ0v) is 27.1. The van der Waals surface area contributed by atoms with Gasteiger partial charge in [-0.15, -0.1) is 0 Å². The van der Waals surface area contributed by atoms with Crippen LogP contribution in [0.15, 0.2) is 65.8 Å². The van der Waals surface area contributed by atoms with E-state index in [4.69, 9.17) is 14.7 Å². The molecule has 1 fully saturated rings. The van der Waals surface area contributed by atoms with Crippen molar-refractivity contribution in [1.82, 2.24) is 24.8 Å². The van der Waals surface area contributed by atoms with Gasteiger partial charge in [0, 0.05) is 22.1 Å². The monoisotopic (exact) mass is 627 g/mol. The van der Waals surface area contributed by atoms with E-state index in [0.717, 1.165) is 33.0 Å². The van der Waals surface area contributed by atoms with E-state index in [9.17, 15) is 9.18 Å². The van der Waals surface area contributed by atoms with Gasteiger partial charge in [0.05, 0.1) is 49.5 Å². The summed E-state index contributed by atoms with van der Waals surface area (Å²) in [7, 11) is 0. The quantitative estimate of drug-likeness (QED) is 0.244. The van der Waals surface area contributed by atoms with Crippen molar-refractivity contribution in [3.63, 3.8) is 0 Å². The fraction of sp³-hybridized carbons (Fsp3) is 0.382. The molecule has 234 valence electrons. The second-order valence-electron chi connectivity index (χ2n) is 12.9. The van der Waals surface area contributed by atoms with Crippen LogP contribution < -0.4 is 14.4 Å². The third-order valence-electron chi connectivity index (χ3n) is 7.96. The maximum atomic E-state index is 14.3.